The number of benzene rings is 2. The molecule has 1 heterocycles. The fraction of sp³-hybridized carbons (Fsp3) is 0.316. The van der Waals surface area contributed by atoms with Crippen molar-refractivity contribution in [1.29, 1.82) is 0 Å². The van der Waals surface area contributed by atoms with Crippen molar-refractivity contribution in [3.05, 3.63) is 53.1 Å². The topological polar surface area (TPSA) is 84.9 Å². The molecule has 0 saturated heterocycles. The minimum Gasteiger partial charge on any atom is -0.494 e. The number of rotatable bonds is 6. The van der Waals surface area contributed by atoms with E-state index in [1.54, 1.807) is 12.1 Å². The van der Waals surface area contributed by atoms with Crippen LogP contribution in [0.3, 0.4) is 0 Å². The van der Waals surface area contributed by atoms with Gasteiger partial charge in [-0.05, 0) is 42.8 Å². The zero-order valence-electron chi connectivity index (χ0n) is 15.5. The van der Waals surface area contributed by atoms with Gasteiger partial charge in [-0.3, -0.25) is 9.10 Å². The molecule has 2 aromatic carbocycles. The van der Waals surface area contributed by atoms with Gasteiger partial charge in [0.15, 0.2) is 6.10 Å². The zero-order chi connectivity index (χ0) is 20.3. The lowest BCUT2D eigenvalue weighted by Gasteiger charge is -2.34. The monoisotopic (exact) mass is 424 g/mol. The molecule has 3 rings (SSSR count). The van der Waals surface area contributed by atoms with E-state index < -0.39 is 22.0 Å². The van der Waals surface area contributed by atoms with Crippen molar-refractivity contribution < 1.29 is 22.7 Å². The average Bonchev–Trinajstić information content (AvgIpc) is 2.65. The molecule has 2 aromatic rings. The molecule has 9 heteroatoms. The summed E-state index contributed by atoms with van der Waals surface area (Å²) < 4.78 is 36.7. The first-order chi connectivity index (χ1) is 13.3. The highest BCUT2D eigenvalue weighted by Gasteiger charge is 2.35. The first-order valence-electron chi connectivity index (χ1n) is 8.71. The van der Waals surface area contributed by atoms with Crippen LogP contribution in [0.1, 0.15) is 12.5 Å². The van der Waals surface area contributed by atoms with E-state index in [9.17, 15) is 13.2 Å². The van der Waals surface area contributed by atoms with Crippen LogP contribution < -0.4 is 19.1 Å². The number of halogens is 1. The van der Waals surface area contributed by atoms with Crippen molar-refractivity contribution in [2.45, 2.75) is 19.6 Å². The first kappa shape index (κ1) is 20.3. The molecular formula is C19H21ClN2O5S. The Morgan fingerprint density at radius 2 is 2.11 bits per heavy atom. The lowest BCUT2D eigenvalue weighted by Crippen LogP contribution is -2.50. The summed E-state index contributed by atoms with van der Waals surface area (Å²) in [5.41, 5.74) is 1.19. The number of nitrogens with zero attached hydrogens (tertiary/aromatic N) is 1. The van der Waals surface area contributed by atoms with Crippen LogP contribution in [0.15, 0.2) is 42.5 Å². The van der Waals surface area contributed by atoms with E-state index in [0.29, 0.717) is 23.1 Å². The largest absolute Gasteiger partial charge is 0.494 e. The maximum atomic E-state index is 12.6. The van der Waals surface area contributed by atoms with Gasteiger partial charge in [-0.25, -0.2) is 8.42 Å². The number of hydrogen-bond acceptors (Lipinski definition) is 5. The first-order valence-corrected chi connectivity index (χ1v) is 10.9. The lowest BCUT2D eigenvalue weighted by atomic mass is 10.2. The Kier molecular flexibility index (Phi) is 6.00. The number of carbonyl (C=O) groups is 1. The second-order valence-corrected chi connectivity index (χ2v) is 8.65. The number of nitrogens with one attached hydrogen (secondary N) is 1. The molecule has 0 bridgehead atoms. The minimum atomic E-state index is -3.60. The molecule has 1 amide bonds. The summed E-state index contributed by atoms with van der Waals surface area (Å²) in [5.74, 6) is 0.604. The third kappa shape index (κ3) is 4.69. The van der Waals surface area contributed by atoms with Gasteiger partial charge in [-0.1, -0.05) is 23.7 Å². The predicted octanol–water partition coefficient (Wildman–Crippen LogP) is 2.58. The summed E-state index contributed by atoms with van der Waals surface area (Å²) in [7, 11) is -3.60. The van der Waals surface area contributed by atoms with Gasteiger partial charge in [0.2, 0.25) is 10.0 Å². The number of sulfonamides is 1. The number of ether oxygens (including phenoxy) is 2. The second kappa shape index (κ2) is 8.28. The summed E-state index contributed by atoms with van der Waals surface area (Å²) in [5, 5.41) is 3.17. The highest BCUT2D eigenvalue weighted by molar-refractivity contribution is 7.92. The van der Waals surface area contributed by atoms with Crippen molar-refractivity contribution in [3.8, 4) is 11.5 Å². The molecule has 1 N–H and O–H groups in total. The van der Waals surface area contributed by atoms with Crippen LogP contribution in [0.5, 0.6) is 11.5 Å². The van der Waals surface area contributed by atoms with Gasteiger partial charge in [0.1, 0.15) is 11.5 Å². The van der Waals surface area contributed by atoms with Crippen LogP contribution in [0.4, 0.5) is 5.69 Å². The number of hydrogen-bond donors (Lipinski definition) is 1. The van der Waals surface area contributed by atoms with Crippen molar-refractivity contribution in [3.63, 3.8) is 0 Å². The normalized spacial score (nSPS) is 16.1. The molecule has 1 aliphatic rings. The summed E-state index contributed by atoms with van der Waals surface area (Å²) in [6, 6.07) is 12.0. The van der Waals surface area contributed by atoms with Crippen molar-refractivity contribution in [2.24, 2.45) is 0 Å². The lowest BCUT2D eigenvalue weighted by molar-refractivity contribution is -0.127. The Hall–Kier alpha value is -2.45. The fourth-order valence-electron chi connectivity index (χ4n) is 2.89. The molecule has 1 atom stereocenters. The molecule has 0 spiro atoms. The highest BCUT2D eigenvalue weighted by Crippen LogP contribution is 2.37. The SMILES string of the molecule is CCOc1cccc(CNC(=O)[C@@H]2CN(S(C)(=O)=O)c3cc(Cl)ccc3O2)c1. The van der Waals surface area contributed by atoms with Gasteiger partial charge in [0.05, 0.1) is 25.1 Å². The van der Waals surface area contributed by atoms with Gasteiger partial charge in [0, 0.05) is 11.6 Å². The molecule has 0 aromatic heterocycles. The maximum Gasteiger partial charge on any atom is 0.263 e. The van der Waals surface area contributed by atoms with Crippen LogP contribution in [0.2, 0.25) is 5.02 Å². The molecule has 0 unspecified atom stereocenters. The number of amides is 1. The summed E-state index contributed by atoms with van der Waals surface area (Å²) in [4.78, 5) is 12.6. The quantitative estimate of drug-likeness (QED) is 0.770. The Labute approximate surface area is 169 Å². The Morgan fingerprint density at radius 3 is 2.82 bits per heavy atom. The van der Waals surface area contributed by atoms with Crippen LogP contribution >= 0.6 is 11.6 Å². The van der Waals surface area contributed by atoms with E-state index in [1.165, 1.54) is 6.07 Å². The summed E-state index contributed by atoms with van der Waals surface area (Å²) in [6.45, 7) is 2.59. The van der Waals surface area contributed by atoms with Gasteiger partial charge in [-0.2, -0.15) is 0 Å². The van der Waals surface area contributed by atoms with Gasteiger partial charge < -0.3 is 14.8 Å². The molecule has 7 nitrogen and oxygen atoms in total. The average molecular weight is 425 g/mol. The van der Waals surface area contributed by atoms with E-state index in [-0.39, 0.29) is 13.1 Å². The molecule has 1 aliphatic heterocycles. The molecular weight excluding hydrogens is 404 g/mol. The van der Waals surface area contributed by atoms with Crippen LogP contribution in [-0.2, 0) is 21.4 Å². The third-order valence-electron chi connectivity index (χ3n) is 4.16. The summed E-state index contributed by atoms with van der Waals surface area (Å²) >= 11 is 5.98. The van der Waals surface area contributed by atoms with Crippen molar-refractivity contribution >= 4 is 33.2 Å². The number of carbonyl (C=O) groups excluding carboxylic acids is 1. The highest BCUT2D eigenvalue weighted by atomic mass is 35.5. The fourth-order valence-corrected chi connectivity index (χ4v) is 3.96. The van der Waals surface area contributed by atoms with Crippen molar-refractivity contribution in [1.82, 2.24) is 5.32 Å². The second-order valence-electron chi connectivity index (χ2n) is 6.31. The van der Waals surface area contributed by atoms with E-state index in [1.807, 2.05) is 31.2 Å². The maximum absolute atomic E-state index is 12.6. The minimum absolute atomic E-state index is 0.128. The standard InChI is InChI=1S/C19H21ClN2O5S/c1-3-26-15-6-4-5-13(9-15)11-21-19(23)18-12-22(28(2,24)25)16-10-14(20)7-8-17(16)27-18/h4-10,18H,3,11-12H2,1-2H3,(H,21,23)/t18-/m0/s1. The van der Waals surface area contributed by atoms with Crippen LogP contribution in [0, 0.1) is 0 Å². The molecule has 0 radical (unpaired) electrons. The van der Waals surface area contributed by atoms with Gasteiger partial charge in [0.25, 0.3) is 5.91 Å². The molecule has 0 saturated carbocycles. The molecule has 150 valence electrons. The number of anilines is 1. The summed E-state index contributed by atoms with van der Waals surface area (Å²) in [6.07, 6.45) is 0.107. The van der Waals surface area contributed by atoms with Crippen LogP contribution in [0.25, 0.3) is 0 Å². The van der Waals surface area contributed by atoms with E-state index in [0.717, 1.165) is 21.9 Å². The Bertz CT molecular complexity index is 980. The van der Waals surface area contributed by atoms with E-state index in [4.69, 9.17) is 21.1 Å². The molecule has 0 fully saturated rings. The molecule has 28 heavy (non-hydrogen) atoms. The van der Waals surface area contributed by atoms with Crippen LogP contribution in [-0.4, -0.2) is 39.8 Å². The van der Waals surface area contributed by atoms with Crippen molar-refractivity contribution in [2.75, 3.05) is 23.7 Å². The van der Waals surface area contributed by atoms with Gasteiger partial charge >= 0.3 is 0 Å². The predicted molar refractivity (Wildman–Crippen MR) is 108 cm³/mol. The van der Waals surface area contributed by atoms with E-state index >= 15 is 0 Å². The molecule has 0 aliphatic carbocycles. The number of fused-ring (bicyclic) bond motifs is 1. The van der Waals surface area contributed by atoms with Gasteiger partial charge in [-0.15, -0.1) is 0 Å². The smallest absolute Gasteiger partial charge is 0.263 e. The van der Waals surface area contributed by atoms with E-state index in [2.05, 4.69) is 5.32 Å². The third-order valence-corrected chi connectivity index (χ3v) is 5.54. The zero-order valence-corrected chi connectivity index (χ0v) is 17.1. The Balaban J connectivity index is 1.74. The Morgan fingerprint density at radius 1 is 1.32 bits per heavy atom.